The molecule has 1 aromatic rings. The molecule has 0 saturated carbocycles. The summed E-state index contributed by atoms with van der Waals surface area (Å²) in [5.41, 5.74) is 1.07. The maximum atomic E-state index is 12.1. The van der Waals surface area contributed by atoms with Gasteiger partial charge in [0.05, 0.1) is 0 Å². The molecule has 1 aromatic carbocycles. The average Bonchev–Trinajstić information content (AvgIpc) is 2.50. The number of benzene rings is 1. The van der Waals surface area contributed by atoms with Crippen molar-refractivity contribution in [1.82, 2.24) is 10.6 Å². The van der Waals surface area contributed by atoms with Gasteiger partial charge in [0.2, 0.25) is 0 Å². The summed E-state index contributed by atoms with van der Waals surface area (Å²) < 4.78 is 0. The van der Waals surface area contributed by atoms with Gasteiger partial charge in [-0.2, -0.15) is 0 Å². The Morgan fingerprint density at radius 1 is 1.09 bits per heavy atom. The Labute approximate surface area is 132 Å². The third-order valence-electron chi connectivity index (χ3n) is 3.50. The van der Waals surface area contributed by atoms with Crippen LogP contribution in [-0.4, -0.2) is 36.1 Å². The van der Waals surface area contributed by atoms with Gasteiger partial charge in [-0.15, -0.1) is 0 Å². The molecule has 0 aliphatic carbocycles. The zero-order chi connectivity index (χ0) is 16.5. The molecule has 122 valence electrons. The van der Waals surface area contributed by atoms with Gasteiger partial charge in [-0.3, -0.25) is 9.59 Å². The average molecular weight is 306 g/mol. The third-order valence-corrected chi connectivity index (χ3v) is 3.50. The lowest BCUT2D eigenvalue weighted by molar-refractivity contribution is 0.0931. The van der Waals surface area contributed by atoms with Crippen molar-refractivity contribution in [2.75, 3.05) is 13.2 Å². The van der Waals surface area contributed by atoms with Gasteiger partial charge in [0.15, 0.2) is 0 Å². The number of amides is 2. The summed E-state index contributed by atoms with van der Waals surface area (Å²) in [4.78, 5) is 23.9. The van der Waals surface area contributed by atoms with E-state index in [1.54, 1.807) is 24.3 Å². The van der Waals surface area contributed by atoms with E-state index in [1.165, 1.54) is 0 Å². The van der Waals surface area contributed by atoms with Crippen LogP contribution in [0.5, 0.6) is 0 Å². The Morgan fingerprint density at radius 2 is 1.64 bits per heavy atom. The molecule has 0 saturated heterocycles. The first-order valence-electron chi connectivity index (χ1n) is 7.77. The van der Waals surface area contributed by atoms with E-state index in [9.17, 15) is 9.59 Å². The summed E-state index contributed by atoms with van der Waals surface area (Å²) in [6, 6.07) is 6.68. The first kappa shape index (κ1) is 18.2. The number of carbonyl (C=O) groups is 2. The van der Waals surface area contributed by atoms with Gasteiger partial charge in [0.1, 0.15) is 0 Å². The molecule has 0 heterocycles. The van der Waals surface area contributed by atoms with Gasteiger partial charge in [0.25, 0.3) is 11.8 Å². The maximum absolute atomic E-state index is 12.1. The summed E-state index contributed by atoms with van der Waals surface area (Å²) >= 11 is 0. The van der Waals surface area contributed by atoms with E-state index in [0.717, 1.165) is 6.42 Å². The topological polar surface area (TPSA) is 78.4 Å². The fourth-order valence-electron chi connectivity index (χ4n) is 2.09. The van der Waals surface area contributed by atoms with E-state index >= 15 is 0 Å². The second-order valence-corrected chi connectivity index (χ2v) is 5.70. The van der Waals surface area contributed by atoms with E-state index in [4.69, 9.17) is 5.11 Å². The predicted molar refractivity (Wildman–Crippen MR) is 86.9 cm³/mol. The molecule has 0 spiro atoms. The molecule has 5 heteroatoms. The number of aliphatic hydroxyl groups is 1. The summed E-state index contributed by atoms with van der Waals surface area (Å²) in [5, 5.41) is 14.6. The van der Waals surface area contributed by atoms with Crippen molar-refractivity contribution in [3.63, 3.8) is 0 Å². The minimum Gasteiger partial charge on any atom is -0.396 e. The van der Waals surface area contributed by atoms with Crippen LogP contribution in [0.1, 0.15) is 54.3 Å². The van der Waals surface area contributed by atoms with Crippen molar-refractivity contribution in [1.29, 1.82) is 0 Å². The molecule has 1 atom stereocenters. The van der Waals surface area contributed by atoms with Crippen molar-refractivity contribution in [2.24, 2.45) is 5.92 Å². The zero-order valence-electron chi connectivity index (χ0n) is 13.6. The van der Waals surface area contributed by atoms with Crippen LogP contribution in [-0.2, 0) is 0 Å². The lowest BCUT2D eigenvalue weighted by Crippen LogP contribution is -2.31. The Morgan fingerprint density at radius 3 is 2.09 bits per heavy atom. The van der Waals surface area contributed by atoms with E-state index in [2.05, 4.69) is 10.6 Å². The quantitative estimate of drug-likeness (QED) is 0.687. The van der Waals surface area contributed by atoms with Gasteiger partial charge in [-0.25, -0.2) is 0 Å². The van der Waals surface area contributed by atoms with E-state index in [-0.39, 0.29) is 30.4 Å². The Kier molecular flexibility index (Phi) is 7.60. The van der Waals surface area contributed by atoms with Crippen molar-refractivity contribution >= 4 is 11.8 Å². The first-order chi connectivity index (χ1) is 10.5. The molecule has 1 unspecified atom stereocenters. The second kappa shape index (κ2) is 9.20. The van der Waals surface area contributed by atoms with Gasteiger partial charge in [-0.1, -0.05) is 13.3 Å². The second-order valence-electron chi connectivity index (χ2n) is 5.70. The fraction of sp³-hybridized carbons (Fsp3) is 0.529. The van der Waals surface area contributed by atoms with E-state index in [1.807, 2.05) is 20.8 Å². The lowest BCUT2D eigenvalue weighted by Gasteiger charge is -2.14. The van der Waals surface area contributed by atoms with Crippen LogP contribution < -0.4 is 10.6 Å². The normalized spacial score (nSPS) is 12.0. The molecule has 2 amide bonds. The SMILES string of the molecule is CCC(CCO)CNC(=O)c1ccc(C(=O)NC(C)C)cc1. The minimum atomic E-state index is -0.160. The molecule has 0 aliphatic heterocycles. The van der Waals surface area contributed by atoms with Gasteiger partial charge in [0, 0.05) is 30.3 Å². The van der Waals surface area contributed by atoms with E-state index < -0.39 is 0 Å². The van der Waals surface area contributed by atoms with Crippen LogP contribution in [0.3, 0.4) is 0 Å². The Hall–Kier alpha value is -1.88. The zero-order valence-corrected chi connectivity index (χ0v) is 13.6. The number of hydrogen-bond acceptors (Lipinski definition) is 3. The number of hydrogen-bond donors (Lipinski definition) is 3. The maximum Gasteiger partial charge on any atom is 0.251 e. The van der Waals surface area contributed by atoms with E-state index in [0.29, 0.717) is 24.1 Å². The lowest BCUT2D eigenvalue weighted by atomic mass is 10.0. The van der Waals surface area contributed by atoms with Crippen molar-refractivity contribution in [3.8, 4) is 0 Å². The molecule has 0 fully saturated rings. The third kappa shape index (κ3) is 5.85. The molecule has 0 radical (unpaired) electrons. The first-order valence-corrected chi connectivity index (χ1v) is 7.77. The summed E-state index contributed by atoms with van der Waals surface area (Å²) in [6.07, 6.45) is 1.60. The predicted octanol–water partition coefficient (Wildman–Crippen LogP) is 1.96. The molecule has 5 nitrogen and oxygen atoms in total. The Bertz CT molecular complexity index is 483. The highest BCUT2D eigenvalue weighted by Gasteiger charge is 2.11. The summed E-state index contributed by atoms with van der Waals surface area (Å²) in [7, 11) is 0. The molecular weight excluding hydrogens is 280 g/mol. The van der Waals surface area contributed by atoms with Crippen molar-refractivity contribution in [3.05, 3.63) is 35.4 Å². The Balaban J connectivity index is 2.58. The van der Waals surface area contributed by atoms with Crippen LogP contribution in [0.2, 0.25) is 0 Å². The fourth-order valence-corrected chi connectivity index (χ4v) is 2.09. The van der Waals surface area contributed by atoms with Gasteiger partial charge in [-0.05, 0) is 50.5 Å². The number of nitrogens with one attached hydrogen (secondary N) is 2. The smallest absolute Gasteiger partial charge is 0.251 e. The monoisotopic (exact) mass is 306 g/mol. The largest absolute Gasteiger partial charge is 0.396 e. The minimum absolute atomic E-state index is 0.0768. The highest BCUT2D eigenvalue weighted by molar-refractivity contribution is 5.97. The van der Waals surface area contributed by atoms with Crippen LogP contribution in [0.15, 0.2) is 24.3 Å². The highest BCUT2D eigenvalue weighted by Crippen LogP contribution is 2.08. The van der Waals surface area contributed by atoms with Gasteiger partial charge < -0.3 is 15.7 Å². The number of carbonyl (C=O) groups excluding carboxylic acids is 2. The summed E-state index contributed by atoms with van der Waals surface area (Å²) in [6.45, 7) is 6.51. The molecule has 0 bridgehead atoms. The van der Waals surface area contributed by atoms with Crippen LogP contribution in [0, 0.1) is 5.92 Å². The number of rotatable bonds is 8. The van der Waals surface area contributed by atoms with Gasteiger partial charge >= 0.3 is 0 Å². The highest BCUT2D eigenvalue weighted by atomic mass is 16.3. The standard InChI is InChI=1S/C17H26N2O3/c1-4-13(9-10-20)11-18-16(21)14-5-7-15(8-6-14)17(22)19-12(2)3/h5-8,12-13,20H,4,9-11H2,1-3H3,(H,18,21)(H,19,22). The summed E-state index contributed by atoms with van der Waals surface area (Å²) in [5.74, 6) is -0.0202. The molecule has 1 rings (SSSR count). The van der Waals surface area contributed by atoms with Crippen LogP contribution in [0.4, 0.5) is 0 Å². The molecular formula is C17H26N2O3. The molecule has 3 N–H and O–H groups in total. The molecule has 22 heavy (non-hydrogen) atoms. The number of aliphatic hydroxyl groups excluding tert-OH is 1. The molecule has 0 aliphatic rings. The molecule has 0 aromatic heterocycles. The van der Waals surface area contributed by atoms with Crippen molar-refractivity contribution in [2.45, 2.75) is 39.7 Å². The van der Waals surface area contributed by atoms with Crippen LogP contribution >= 0.6 is 0 Å². The van der Waals surface area contributed by atoms with Crippen LogP contribution in [0.25, 0.3) is 0 Å². The van der Waals surface area contributed by atoms with Crippen molar-refractivity contribution < 1.29 is 14.7 Å².